The van der Waals surface area contributed by atoms with Crippen LogP contribution < -0.4 is 0 Å². The molecule has 73 heavy (non-hydrogen) atoms. The summed E-state index contributed by atoms with van der Waals surface area (Å²) in [6.07, 6.45) is 79.1. The van der Waals surface area contributed by atoms with E-state index in [1.165, 1.54) is 180 Å². The van der Waals surface area contributed by atoms with Gasteiger partial charge in [0.2, 0.25) is 0 Å². The molecule has 6 nitrogen and oxygen atoms in total. The second-order valence-corrected chi connectivity index (χ2v) is 20.9. The molecule has 1 atom stereocenters. The topological polar surface area (TPSA) is 78.9 Å². The van der Waals surface area contributed by atoms with Crippen LogP contribution in [0.2, 0.25) is 0 Å². The summed E-state index contributed by atoms with van der Waals surface area (Å²) in [6, 6.07) is 0. The Morgan fingerprint density at radius 3 is 0.849 bits per heavy atom. The van der Waals surface area contributed by atoms with Gasteiger partial charge in [-0.05, 0) is 89.9 Å². The van der Waals surface area contributed by atoms with Crippen LogP contribution in [-0.2, 0) is 28.6 Å². The Hall–Kier alpha value is -3.15. The van der Waals surface area contributed by atoms with Crippen molar-refractivity contribution in [2.45, 2.75) is 322 Å². The van der Waals surface area contributed by atoms with Gasteiger partial charge in [0, 0.05) is 19.3 Å². The fourth-order valence-corrected chi connectivity index (χ4v) is 9.00. The van der Waals surface area contributed by atoms with E-state index >= 15 is 0 Å². The van der Waals surface area contributed by atoms with Gasteiger partial charge in [-0.15, -0.1) is 0 Å². The number of hydrogen-bond acceptors (Lipinski definition) is 6. The van der Waals surface area contributed by atoms with E-state index in [4.69, 9.17) is 14.2 Å². The first-order chi connectivity index (χ1) is 36.0. The first-order valence-electron chi connectivity index (χ1n) is 31.4. The fourth-order valence-electron chi connectivity index (χ4n) is 9.00. The molecule has 0 bridgehead atoms. The minimum absolute atomic E-state index is 0.0746. The van der Waals surface area contributed by atoms with Crippen LogP contribution in [0.25, 0.3) is 0 Å². The van der Waals surface area contributed by atoms with Gasteiger partial charge in [0.15, 0.2) is 6.10 Å². The lowest BCUT2D eigenvalue weighted by Gasteiger charge is -2.18. The molecule has 0 fully saturated rings. The van der Waals surface area contributed by atoms with Gasteiger partial charge in [0.1, 0.15) is 13.2 Å². The lowest BCUT2D eigenvalue weighted by Crippen LogP contribution is -2.30. The molecule has 0 aromatic rings. The molecule has 0 N–H and O–H groups in total. The van der Waals surface area contributed by atoms with Crippen molar-refractivity contribution >= 4 is 17.9 Å². The Balaban J connectivity index is 4.19. The summed E-state index contributed by atoms with van der Waals surface area (Å²) in [5.74, 6) is -0.871. The van der Waals surface area contributed by atoms with Crippen molar-refractivity contribution in [1.82, 2.24) is 0 Å². The average Bonchev–Trinajstić information content (AvgIpc) is 3.39. The van der Waals surface area contributed by atoms with Crippen molar-refractivity contribution in [3.05, 3.63) is 72.9 Å². The molecule has 0 saturated carbocycles. The molecule has 0 aromatic heterocycles. The first kappa shape index (κ1) is 69.8. The van der Waals surface area contributed by atoms with E-state index in [9.17, 15) is 14.4 Å². The van der Waals surface area contributed by atoms with Crippen LogP contribution in [0, 0.1) is 0 Å². The molecule has 0 aromatic carbocycles. The van der Waals surface area contributed by atoms with E-state index in [-0.39, 0.29) is 31.1 Å². The molecule has 0 saturated heterocycles. The molecular formula is C67H118O6. The second kappa shape index (κ2) is 61.4. The number of ether oxygens (including phenoxy) is 3. The Morgan fingerprint density at radius 2 is 0.534 bits per heavy atom. The number of carbonyl (C=O) groups excluding carboxylic acids is 3. The van der Waals surface area contributed by atoms with Gasteiger partial charge in [-0.2, -0.15) is 0 Å². The van der Waals surface area contributed by atoms with Crippen LogP contribution >= 0.6 is 0 Å². The first-order valence-corrected chi connectivity index (χ1v) is 31.4. The summed E-state index contributed by atoms with van der Waals surface area (Å²) in [7, 11) is 0. The highest BCUT2D eigenvalue weighted by molar-refractivity contribution is 5.71. The summed E-state index contributed by atoms with van der Waals surface area (Å²) in [5.41, 5.74) is 0. The highest BCUT2D eigenvalue weighted by atomic mass is 16.6. The monoisotopic (exact) mass is 1020 g/mol. The van der Waals surface area contributed by atoms with Crippen LogP contribution in [0.5, 0.6) is 0 Å². The molecule has 0 aliphatic heterocycles. The lowest BCUT2D eigenvalue weighted by atomic mass is 10.0. The van der Waals surface area contributed by atoms with Gasteiger partial charge in [0.25, 0.3) is 0 Å². The average molecular weight is 1020 g/mol. The Kier molecular flexibility index (Phi) is 58.7. The van der Waals surface area contributed by atoms with Crippen LogP contribution in [0.15, 0.2) is 72.9 Å². The molecule has 6 heteroatoms. The second-order valence-electron chi connectivity index (χ2n) is 20.9. The number of allylic oxidation sites excluding steroid dienone is 12. The molecule has 1 unspecified atom stereocenters. The van der Waals surface area contributed by atoms with E-state index in [0.29, 0.717) is 19.3 Å². The van der Waals surface area contributed by atoms with Crippen molar-refractivity contribution in [2.75, 3.05) is 13.2 Å². The van der Waals surface area contributed by atoms with Gasteiger partial charge in [0.05, 0.1) is 0 Å². The molecule has 422 valence electrons. The normalized spacial score (nSPS) is 12.5. The molecule has 0 rings (SSSR count). The summed E-state index contributed by atoms with van der Waals surface area (Å²) in [4.78, 5) is 38.2. The zero-order chi connectivity index (χ0) is 52.9. The van der Waals surface area contributed by atoms with E-state index in [2.05, 4.69) is 93.7 Å². The van der Waals surface area contributed by atoms with Crippen LogP contribution in [-0.4, -0.2) is 37.2 Å². The molecule has 0 radical (unpaired) electrons. The molecular weight excluding hydrogens is 901 g/mol. The third kappa shape index (κ3) is 59.6. The van der Waals surface area contributed by atoms with Crippen LogP contribution in [0.3, 0.4) is 0 Å². The molecule has 0 spiro atoms. The van der Waals surface area contributed by atoms with E-state index in [1.807, 2.05) is 0 Å². The summed E-state index contributed by atoms with van der Waals surface area (Å²) in [6.45, 7) is 6.54. The zero-order valence-corrected chi connectivity index (χ0v) is 48.4. The maximum atomic E-state index is 12.9. The molecule has 0 heterocycles. The molecule has 0 amide bonds. The number of esters is 3. The van der Waals surface area contributed by atoms with E-state index in [0.717, 1.165) is 96.3 Å². The van der Waals surface area contributed by atoms with Crippen molar-refractivity contribution < 1.29 is 28.6 Å². The predicted molar refractivity (Wildman–Crippen MR) is 316 cm³/mol. The zero-order valence-electron chi connectivity index (χ0n) is 48.4. The third-order valence-corrected chi connectivity index (χ3v) is 13.7. The minimum Gasteiger partial charge on any atom is -0.462 e. The summed E-state index contributed by atoms with van der Waals surface area (Å²) >= 11 is 0. The summed E-state index contributed by atoms with van der Waals surface area (Å²) < 4.78 is 16.9. The smallest absolute Gasteiger partial charge is 0.306 e. The molecule has 0 aliphatic rings. The van der Waals surface area contributed by atoms with Gasteiger partial charge >= 0.3 is 17.9 Å². The number of unbranched alkanes of at least 4 members (excludes halogenated alkanes) is 34. The maximum Gasteiger partial charge on any atom is 0.306 e. The van der Waals surface area contributed by atoms with Crippen molar-refractivity contribution in [2.24, 2.45) is 0 Å². The SMILES string of the molecule is CC/C=C\C/C=C\C/C=C\C/C=C\C/C=C\CCCCCCCCCCCCCCCC(=O)OCC(COC(=O)CCCCCCCCCCCCCC)OC(=O)CCCCCCC/C=C\CCCCCCC. The summed E-state index contributed by atoms with van der Waals surface area (Å²) in [5, 5.41) is 0. The number of hydrogen-bond donors (Lipinski definition) is 0. The lowest BCUT2D eigenvalue weighted by molar-refractivity contribution is -0.167. The maximum absolute atomic E-state index is 12.9. The predicted octanol–water partition coefficient (Wildman–Crippen LogP) is 21.3. The third-order valence-electron chi connectivity index (χ3n) is 13.7. The fraction of sp³-hybridized carbons (Fsp3) is 0.776. The number of carbonyl (C=O) groups is 3. The van der Waals surface area contributed by atoms with Crippen molar-refractivity contribution in [3.63, 3.8) is 0 Å². The number of rotatable bonds is 57. The van der Waals surface area contributed by atoms with Gasteiger partial charge in [-0.3, -0.25) is 14.4 Å². The van der Waals surface area contributed by atoms with Crippen LogP contribution in [0.1, 0.15) is 316 Å². The van der Waals surface area contributed by atoms with Gasteiger partial charge < -0.3 is 14.2 Å². The Labute approximate surface area is 453 Å². The highest BCUT2D eigenvalue weighted by Crippen LogP contribution is 2.16. The minimum atomic E-state index is -0.777. The van der Waals surface area contributed by atoms with E-state index < -0.39 is 6.10 Å². The van der Waals surface area contributed by atoms with Gasteiger partial charge in [-0.25, -0.2) is 0 Å². The Bertz CT molecular complexity index is 1360. The van der Waals surface area contributed by atoms with Crippen molar-refractivity contribution in [1.29, 1.82) is 0 Å². The van der Waals surface area contributed by atoms with Gasteiger partial charge in [-0.1, -0.05) is 280 Å². The van der Waals surface area contributed by atoms with E-state index in [1.54, 1.807) is 0 Å². The quantitative estimate of drug-likeness (QED) is 0.0261. The largest absolute Gasteiger partial charge is 0.462 e. The standard InChI is InChI=1S/C67H118O6/c1-4-7-10-13-16-19-22-25-27-28-29-30-31-32-33-34-35-36-37-38-39-40-41-43-45-48-51-54-57-60-66(69)72-63-64(62-71-65(68)59-56-53-50-47-44-24-21-18-15-12-9-6-3)73-67(70)61-58-55-52-49-46-42-26-23-20-17-14-11-8-5-2/h7,10,16,19,23,25-27,29-30,32-33,64H,4-6,8-9,11-15,17-18,20-22,24,28,31,34-63H2,1-3H3/b10-7-,19-16-,26-23-,27-25-,30-29-,33-32-. The highest BCUT2D eigenvalue weighted by Gasteiger charge is 2.19. The van der Waals surface area contributed by atoms with Crippen LogP contribution in [0.4, 0.5) is 0 Å². The Morgan fingerprint density at radius 1 is 0.288 bits per heavy atom. The van der Waals surface area contributed by atoms with Crippen molar-refractivity contribution in [3.8, 4) is 0 Å². The molecule has 0 aliphatic carbocycles.